The Bertz CT molecular complexity index is 394. The van der Waals surface area contributed by atoms with Crippen molar-refractivity contribution in [2.45, 2.75) is 19.3 Å². The maximum Gasteiger partial charge on any atom is 0.289 e. The van der Waals surface area contributed by atoms with Crippen LogP contribution >= 0.6 is 0 Å². The second-order valence-electron chi connectivity index (χ2n) is 5.23. The molecule has 3 rings (SSSR count). The van der Waals surface area contributed by atoms with Gasteiger partial charge in [-0.05, 0) is 37.9 Å². The van der Waals surface area contributed by atoms with Gasteiger partial charge in [0.15, 0.2) is 5.76 Å². The second-order valence-corrected chi connectivity index (χ2v) is 5.23. The van der Waals surface area contributed by atoms with E-state index in [2.05, 4.69) is 5.32 Å². The SMILES string of the molecule is O=C(c1ccco1)N1CCCC2(CCNC2)C1. The molecule has 1 atom stereocenters. The summed E-state index contributed by atoms with van der Waals surface area (Å²) in [6, 6.07) is 3.51. The fourth-order valence-corrected chi connectivity index (χ4v) is 3.08. The van der Waals surface area contributed by atoms with Crippen LogP contribution in [-0.2, 0) is 0 Å². The molecule has 2 aliphatic heterocycles. The average Bonchev–Trinajstić information content (AvgIpc) is 3.00. The van der Waals surface area contributed by atoms with Crippen molar-refractivity contribution in [2.75, 3.05) is 26.2 Å². The predicted octanol–water partition coefficient (Wildman–Crippen LogP) is 1.50. The number of likely N-dealkylation sites (tertiary alicyclic amines) is 1. The van der Waals surface area contributed by atoms with Crippen molar-refractivity contribution in [2.24, 2.45) is 5.41 Å². The monoisotopic (exact) mass is 234 g/mol. The molecule has 0 saturated carbocycles. The lowest BCUT2D eigenvalue weighted by molar-refractivity contribution is 0.0523. The summed E-state index contributed by atoms with van der Waals surface area (Å²) < 4.78 is 5.19. The maximum absolute atomic E-state index is 12.2. The summed E-state index contributed by atoms with van der Waals surface area (Å²) in [5.41, 5.74) is 0.320. The van der Waals surface area contributed by atoms with Crippen molar-refractivity contribution in [1.29, 1.82) is 0 Å². The first-order valence-corrected chi connectivity index (χ1v) is 6.33. The molecule has 0 radical (unpaired) electrons. The van der Waals surface area contributed by atoms with Gasteiger partial charge in [-0.25, -0.2) is 0 Å². The van der Waals surface area contributed by atoms with Crippen molar-refractivity contribution in [3.8, 4) is 0 Å². The lowest BCUT2D eigenvalue weighted by Crippen LogP contribution is -2.47. The molecule has 0 bridgehead atoms. The number of hydrogen-bond donors (Lipinski definition) is 1. The van der Waals surface area contributed by atoms with Crippen LogP contribution in [0, 0.1) is 5.41 Å². The van der Waals surface area contributed by atoms with E-state index in [4.69, 9.17) is 4.42 Å². The normalized spacial score (nSPS) is 28.8. The number of carbonyl (C=O) groups is 1. The average molecular weight is 234 g/mol. The molecule has 1 amide bonds. The highest BCUT2D eigenvalue weighted by atomic mass is 16.3. The van der Waals surface area contributed by atoms with E-state index < -0.39 is 0 Å². The Hall–Kier alpha value is -1.29. The van der Waals surface area contributed by atoms with Crippen molar-refractivity contribution >= 4 is 5.91 Å². The topological polar surface area (TPSA) is 45.5 Å². The minimum absolute atomic E-state index is 0.0426. The predicted molar refractivity (Wildman–Crippen MR) is 63.8 cm³/mol. The van der Waals surface area contributed by atoms with E-state index in [1.54, 1.807) is 18.4 Å². The molecule has 1 aromatic rings. The number of piperidine rings is 1. The van der Waals surface area contributed by atoms with Crippen LogP contribution in [0.3, 0.4) is 0 Å². The minimum Gasteiger partial charge on any atom is -0.459 e. The van der Waals surface area contributed by atoms with Gasteiger partial charge >= 0.3 is 0 Å². The van der Waals surface area contributed by atoms with E-state index >= 15 is 0 Å². The van der Waals surface area contributed by atoms with Crippen LogP contribution in [0.15, 0.2) is 22.8 Å². The molecule has 0 aliphatic carbocycles. The van der Waals surface area contributed by atoms with Crippen molar-refractivity contribution in [1.82, 2.24) is 10.2 Å². The number of amides is 1. The van der Waals surface area contributed by atoms with E-state index in [-0.39, 0.29) is 5.91 Å². The Morgan fingerprint density at radius 3 is 3.12 bits per heavy atom. The van der Waals surface area contributed by atoms with Crippen LogP contribution in [0.4, 0.5) is 0 Å². The Morgan fingerprint density at radius 1 is 1.47 bits per heavy atom. The number of carbonyl (C=O) groups excluding carboxylic acids is 1. The molecule has 2 aliphatic rings. The maximum atomic E-state index is 12.2. The lowest BCUT2D eigenvalue weighted by Gasteiger charge is -2.39. The summed E-state index contributed by atoms with van der Waals surface area (Å²) >= 11 is 0. The van der Waals surface area contributed by atoms with Crippen LogP contribution in [0.5, 0.6) is 0 Å². The highest BCUT2D eigenvalue weighted by molar-refractivity contribution is 5.91. The van der Waals surface area contributed by atoms with E-state index in [1.165, 1.54) is 12.8 Å². The van der Waals surface area contributed by atoms with Gasteiger partial charge in [0, 0.05) is 25.0 Å². The molecule has 4 heteroatoms. The Balaban J connectivity index is 1.73. The van der Waals surface area contributed by atoms with E-state index in [0.717, 1.165) is 32.6 Å². The van der Waals surface area contributed by atoms with Gasteiger partial charge in [-0.3, -0.25) is 4.79 Å². The molecular formula is C13H18N2O2. The molecule has 1 aromatic heterocycles. The lowest BCUT2D eigenvalue weighted by atomic mass is 9.79. The fourth-order valence-electron chi connectivity index (χ4n) is 3.08. The van der Waals surface area contributed by atoms with Crippen LogP contribution < -0.4 is 5.32 Å². The first-order valence-electron chi connectivity index (χ1n) is 6.33. The minimum atomic E-state index is 0.0426. The van der Waals surface area contributed by atoms with Gasteiger partial charge in [-0.1, -0.05) is 0 Å². The van der Waals surface area contributed by atoms with Crippen LogP contribution in [0.1, 0.15) is 29.8 Å². The van der Waals surface area contributed by atoms with Gasteiger partial charge in [0.1, 0.15) is 0 Å². The largest absolute Gasteiger partial charge is 0.459 e. The Labute approximate surface area is 101 Å². The Kier molecular flexibility index (Phi) is 2.67. The van der Waals surface area contributed by atoms with Gasteiger partial charge in [-0.2, -0.15) is 0 Å². The summed E-state index contributed by atoms with van der Waals surface area (Å²) in [5.74, 6) is 0.508. The second kappa shape index (κ2) is 4.18. The fraction of sp³-hybridized carbons (Fsp3) is 0.615. The zero-order valence-electron chi connectivity index (χ0n) is 9.95. The smallest absolute Gasteiger partial charge is 0.289 e. The number of rotatable bonds is 1. The van der Waals surface area contributed by atoms with Crippen molar-refractivity contribution in [3.63, 3.8) is 0 Å². The van der Waals surface area contributed by atoms with Crippen LogP contribution in [0.25, 0.3) is 0 Å². The van der Waals surface area contributed by atoms with E-state index in [9.17, 15) is 4.79 Å². The van der Waals surface area contributed by atoms with Gasteiger partial charge < -0.3 is 14.6 Å². The molecule has 1 unspecified atom stereocenters. The van der Waals surface area contributed by atoms with E-state index in [1.807, 2.05) is 4.90 Å². The van der Waals surface area contributed by atoms with Gasteiger partial charge in [0.2, 0.25) is 0 Å². The molecule has 2 fully saturated rings. The van der Waals surface area contributed by atoms with Crippen molar-refractivity contribution in [3.05, 3.63) is 24.2 Å². The Morgan fingerprint density at radius 2 is 2.41 bits per heavy atom. The third kappa shape index (κ3) is 1.97. The van der Waals surface area contributed by atoms with E-state index in [0.29, 0.717) is 11.2 Å². The molecule has 3 heterocycles. The summed E-state index contributed by atoms with van der Waals surface area (Å²) in [7, 11) is 0. The number of nitrogens with one attached hydrogen (secondary N) is 1. The number of furan rings is 1. The third-order valence-corrected chi connectivity index (χ3v) is 4.01. The quantitative estimate of drug-likeness (QED) is 0.801. The zero-order valence-corrected chi connectivity index (χ0v) is 9.95. The molecule has 17 heavy (non-hydrogen) atoms. The number of hydrogen-bond acceptors (Lipinski definition) is 3. The summed E-state index contributed by atoms with van der Waals surface area (Å²) in [6.07, 6.45) is 5.09. The third-order valence-electron chi connectivity index (χ3n) is 4.01. The summed E-state index contributed by atoms with van der Waals surface area (Å²) in [4.78, 5) is 14.2. The molecular weight excluding hydrogens is 216 g/mol. The first kappa shape index (κ1) is 10.8. The molecule has 2 saturated heterocycles. The first-order chi connectivity index (χ1) is 8.29. The molecule has 4 nitrogen and oxygen atoms in total. The summed E-state index contributed by atoms with van der Waals surface area (Å²) in [6.45, 7) is 3.87. The standard InChI is InChI=1S/C13H18N2O2/c16-12(11-3-1-8-17-11)15-7-2-4-13(10-15)5-6-14-9-13/h1,3,8,14H,2,4-7,9-10H2. The number of nitrogens with zero attached hydrogens (tertiary/aromatic N) is 1. The highest BCUT2D eigenvalue weighted by Gasteiger charge is 2.39. The van der Waals surface area contributed by atoms with Crippen LogP contribution in [-0.4, -0.2) is 37.0 Å². The zero-order chi connectivity index (χ0) is 11.7. The molecule has 1 N–H and O–H groups in total. The van der Waals surface area contributed by atoms with Crippen LogP contribution in [0.2, 0.25) is 0 Å². The van der Waals surface area contributed by atoms with Gasteiger partial charge in [0.25, 0.3) is 5.91 Å². The highest BCUT2D eigenvalue weighted by Crippen LogP contribution is 2.35. The van der Waals surface area contributed by atoms with Gasteiger partial charge in [-0.15, -0.1) is 0 Å². The summed E-state index contributed by atoms with van der Waals surface area (Å²) in [5, 5.41) is 3.42. The molecule has 1 spiro atoms. The molecule has 92 valence electrons. The molecule has 0 aromatic carbocycles. The van der Waals surface area contributed by atoms with Crippen molar-refractivity contribution < 1.29 is 9.21 Å². The van der Waals surface area contributed by atoms with Gasteiger partial charge in [0.05, 0.1) is 6.26 Å².